The molecule has 3 heteroatoms. The smallest absolute Gasteiger partial charge is 0.120 e. The Kier molecular flexibility index (Phi) is 3.35. The number of rotatable bonds is 4. The van der Waals surface area contributed by atoms with Crippen LogP contribution in [0.5, 0.6) is 0 Å². The lowest BCUT2D eigenvalue weighted by atomic mass is 10.0. The summed E-state index contributed by atoms with van der Waals surface area (Å²) in [5.41, 5.74) is 0. The molecule has 3 nitrogen and oxygen atoms in total. The third-order valence-corrected chi connectivity index (χ3v) is 2.78. The molecule has 0 saturated heterocycles. The van der Waals surface area contributed by atoms with Gasteiger partial charge in [-0.15, -0.1) is 6.58 Å². The van der Waals surface area contributed by atoms with Gasteiger partial charge in [0, 0.05) is 25.0 Å². The van der Waals surface area contributed by atoms with Gasteiger partial charge in [0.1, 0.15) is 5.82 Å². The van der Waals surface area contributed by atoms with E-state index in [1.54, 1.807) is 6.20 Å². The van der Waals surface area contributed by atoms with Gasteiger partial charge in [0.2, 0.25) is 0 Å². The summed E-state index contributed by atoms with van der Waals surface area (Å²) in [6.45, 7) is 5.72. The van der Waals surface area contributed by atoms with Gasteiger partial charge in [0.05, 0.1) is 6.54 Å². The largest absolute Gasteiger partial charge is 0.348 e. The molecule has 1 aliphatic rings. The van der Waals surface area contributed by atoms with Crippen LogP contribution < -0.4 is 0 Å². The third-order valence-electron chi connectivity index (χ3n) is 2.78. The van der Waals surface area contributed by atoms with Crippen LogP contribution in [0.2, 0.25) is 0 Å². The van der Waals surface area contributed by atoms with Crippen molar-refractivity contribution in [3.63, 3.8) is 0 Å². The van der Waals surface area contributed by atoms with Crippen molar-refractivity contribution in [2.24, 2.45) is 0 Å². The number of H-pyrrole nitrogens is 1. The fourth-order valence-corrected chi connectivity index (χ4v) is 1.97. The highest BCUT2D eigenvalue weighted by atomic mass is 15.2. The van der Waals surface area contributed by atoms with E-state index in [9.17, 15) is 0 Å². The molecule has 0 radical (unpaired) electrons. The van der Waals surface area contributed by atoms with Crippen LogP contribution in [0.25, 0.3) is 0 Å². The van der Waals surface area contributed by atoms with E-state index in [0.29, 0.717) is 6.04 Å². The van der Waals surface area contributed by atoms with Crippen molar-refractivity contribution in [3.8, 4) is 0 Å². The van der Waals surface area contributed by atoms with Crippen LogP contribution in [0.1, 0.15) is 18.7 Å². The summed E-state index contributed by atoms with van der Waals surface area (Å²) < 4.78 is 0. The summed E-state index contributed by atoms with van der Waals surface area (Å²) in [7, 11) is 0. The Morgan fingerprint density at radius 2 is 2.53 bits per heavy atom. The Labute approximate surface area is 90.5 Å². The Bertz CT molecular complexity index is 327. The quantitative estimate of drug-likeness (QED) is 0.760. The van der Waals surface area contributed by atoms with Gasteiger partial charge in [-0.05, 0) is 12.8 Å². The first-order valence-corrected chi connectivity index (χ1v) is 5.38. The fraction of sp³-hybridized carbons (Fsp3) is 0.417. The minimum Gasteiger partial charge on any atom is -0.348 e. The van der Waals surface area contributed by atoms with Gasteiger partial charge < -0.3 is 4.98 Å². The minimum atomic E-state index is 0.581. The normalized spacial score (nSPS) is 21.7. The molecular weight excluding hydrogens is 186 g/mol. The van der Waals surface area contributed by atoms with Gasteiger partial charge in [0.15, 0.2) is 0 Å². The van der Waals surface area contributed by atoms with Crippen LogP contribution in [0.15, 0.2) is 37.2 Å². The van der Waals surface area contributed by atoms with E-state index in [-0.39, 0.29) is 0 Å². The zero-order valence-electron chi connectivity index (χ0n) is 8.89. The van der Waals surface area contributed by atoms with Gasteiger partial charge >= 0.3 is 0 Å². The van der Waals surface area contributed by atoms with Gasteiger partial charge in [-0.25, -0.2) is 4.98 Å². The standard InChI is InChI=1S/C12H17N3/c1-2-5-11-6-3-4-9-15(11)10-12-13-7-8-14-12/h2-4,7-8,11H,1,5-6,9-10H2,(H,13,14)/t11-/m1/s1. The Balaban J connectivity index is 1.99. The molecule has 1 N–H and O–H groups in total. The van der Waals surface area contributed by atoms with Crippen LogP contribution in [0, 0.1) is 0 Å². The highest BCUT2D eigenvalue weighted by Gasteiger charge is 2.18. The molecule has 15 heavy (non-hydrogen) atoms. The number of hydrogen-bond acceptors (Lipinski definition) is 2. The van der Waals surface area contributed by atoms with Crippen molar-refractivity contribution < 1.29 is 0 Å². The van der Waals surface area contributed by atoms with E-state index in [1.165, 1.54) is 0 Å². The third kappa shape index (κ3) is 2.57. The van der Waals surface area contributed by atoms with Gasteiger partial charge in [-0.2, -0.15) is 0 Å². The second-order valence-electron chi connectivity index (χ2n) is 3.85. The topological polar surface area (TPSA) is 31.9 Å². The van der Waals surface area contributed by atoms with Crippen molar-refractivity contribution in [1.82, 2.24) is 14.9 Å². The molecule has 1 aliphatic heterocycles. The Hall–Kier alpha value is -1.35. The van der Waals surface area contributed by atoms with Crippen molar-refractivity contribution in [1.29, 1.82) is 0 Å². The predicted octanol–water partition coefficient (Wildman–Crippen LogP) is 2.12. The molecule has 0 saturated carbocycles. The van der Waals surface area contributed by atoms with Crippen molar-refractivity contribution in [2.45, 2.75) is 25.4 Å². The minimum absolute atomic E-state index is 0.581. The fourth-order valence-electron chi connectivity index (χ4n) is 1.97. The first-order chi connectivity index (χ1) is 7.40. The molecule has 0 bridgehead atoms. The summed E-state index contributed by atoms with van der Waals surface area (Å²) in [5.74, 6) is 1.04. The maximum atomic E-state index is 4.26. The molecule has 1 aromatic rings. The average Bonchev–Trinajstić information content (AvgIpc) is 2.74. The summed E-state index contributed by atoms with van der Waals surface area (Å²) in [5, 5.41) is 0. The molecule has 0 aromatic carbocycles. The molecule has 0 unspecified atom stereocenters. The second-order valence-corrected chi connectivity index (χ2v) is 3.85. The molecule has 2 heterocycles. The number of aromatic amines is 1. The zero-order chi connectivity index (χ0) is 10.5. The molecule has 2 rings (SSSR count). The van der Waals surface area contributed by atoms with Gasteiger partial charge in [-0.3, -0.25) is 4.90 Å². The van der Waals surface area contributed by atoms with Crippen LogP contribution in [-0.2, 0) is 6.54 Å². The zero-order valence-corrected chi connectivity index (χ0v) is 8.89. The molecule has 1 atom stereocenters. The number of hydrogen-bond donors (Lipinski definition) is 1. The van der Waals surface area contributed by atoms with Crippen molar-refractivity contribution in [2.75, 3.05) is 6.54 Å². The van der Waals surface area contributed by atoms with E-state index < -0.39 is 0 Å². The number of nitrogens with zero attached hydrogens (tertiary/aromatic N) is 2. The Morgan fingerprint density at radius 3 is 3.27 bits per heavy atom. The lowest BCUT2D eigenvalue weighted by molar-refractivity contribution is 0.196. The van der Waals surface area contributed by atoms with E-state index in [2.05, 4.69) is 33.6 Å². The van der Waals surface area contributed by atoms with Crippen molar-refractivity contribution in [3.05, 3.63) is 43.0 Å². The molecule has 0 spiro atoms. The lowest BCUT2D eigenvalue weighted by Gasteiger charge is -2.31. The maximum Gasteiger partial charge on any atom is 0.120 e. The van der Waals surface area contributed by atoms with Crippen LogP contribution in [0.4, 0.5) is 0 Å². The second kappa shape index (κ2) is 4.94. The predicted molar refractivity (Wildman–Crippen MR) is 61.4 cm³/mol. The van der Waals surface area contributed by atoms with Crippen LogP contribution in [-0.4, -0.2) is 27.5 Å². The summed E-state index contributed by atoms with van der Waals surface area (Å²) in [4.78, 5) is 9.83. The molecule has 0 amide bonds. The van der Waals surface area contributed by atoms with Gasteiger partial charge in [0.25, 0.3) is 0 Å². The monoisotopic (exact) mass is 203 g/mol. The Morgan fingerprint density at radius 1 is 1.60 bits per heavy atom. The van der Waals surface area contributed by atoms with Crippen LogP contribution in [0.3, 0.4) is 0 Å². The molecular formula is C12H17N3. The van der Waals surface area contributed by atoms with E-state index in [1.807, 2.05) is 12.3 Å². The SMILES string of the molecule is C=CC[C@@H]1CC=CCN1Cc1ncc[nH]1. The average molecular weight is 203 g/mol. The molecule has 0 aliphatic carbocycles. The van der Waals surface area contributed by atoms with E-state index >= 15 is 0 Å². The van der Waals surface area contributed by atoms with E-state index in [0.717, 1.165) is 31.8 Å². The molecule has 80 valence electrons. The first kappa shape index (κ1) is 10.2. The summed E-state index contributed by atoms with van der Waals surface area (Å²) in [6.07, 6.45) is 12.3. The first-order valence-electron chi connectivity index (χ1n) is 5.38. The molecule has 0 fully saturated rings. The van der Waals surface area contributed by atoms with Crippen molar-refractivity contribution >= 4 is 0 Å². The van der Waals surface area contributed by atoms with Crippen LogP contribution >= 0.6 is 0 Å². The van der Waals surface area contributed by atoms with Gasteiger partial charge in [-0.1, -0.05) is 18.2 Å². The van der Waals surface area contributed by atoms with E-state index in [4.69, 9.17) is 0 Å². The highest BCUT2D eigenvalue weighted by molar-refractivity contribution is 5.00. The highest BCUT2D eigenvalue weighted by Crippen LogP contribution is 2.16. The summed E-state index contributed by atoms with van der Waals surface area (Å²) >= 11 is 0. The lowest BCUT2D eigenvalue weighted by Crippen LogP contribution is -2.36. The summed E-state index contributed by atoms with van der Waals surface area (Å²) in [6, 6.07) is 0.581. The number of aromatic nitrogens is 2. The molecule has 1 aromatic heterocycles. The maximum absolute atomic E-state index is 4.26. The number of imidazole rings is 1. The number of nitrogens with one attached hydrogen (secondary N) is 1.